The number of nitrogens with zero attached hydrogens (tertiary/aromatic N) is 4. The van der Waals surface area contributed by atoms with E-state index in [1.807, 2.05) is 65.0 Å². The predicted octanol–water partition coefficient (Wildman–Crippen LogP) is 6.98. The molecule has 1 amide bonds. The molecule has 39 heavy (non-hydrogen) atoms. The van der Waals surface area contributed by atoms with E-state index in [0.29, 0.717) is 22.7 Å². The van der Waals surface area contributed by atoms with Crippen molar-refractivity contribution in [3.63, 3.8) is 0 Å². The van der Waals surface area contributed by atoms with E-state index in [9.17, 15) is 4.79 Å². The van der Waals surface area contributed by atoms with Crippen LogP contribution in [0.4, 0.5) is 10.1 Å². The largest absolute Gasteiger partial charge is 0.456 e. The Bertz CT molecular complexity index is 1690. The maximum absolute atomic E-state index is 15.1. The van der Waals surface area contributed by atoms with Gasteiger partial charge in [-0.05, 0) is 81.6 Å². The van der Waals surface area contributed by atoms with Gasteiger partial charge in [-0.3, -0.25) is 19.4 Å². The Hall–Kier alpha value is -4.59. The van der Waals surface area contributed by atoms with Crippen LogP contribution in [0.3, 0.4) is 0 Å². The number of rotatable bonds is 6. The first-order chi connectivity index (χ1) is 18.6. The third-order valence-corrected chi connectivity index (χ3v) is 6.45. The molecule has 0 aliphatic heterocycles. The maximum atomic E-state index is 15.1. The highest BCUT2D eigenvalue weighted by Gasteiger charge is 2.17. The first kappa shape index (κ1) is 26.0. The van der Waals surface area contributed by atoms with Crippen LogP contribution < -0.4 is 10.1 Å². The van der Waals surface area contributed by atoms with Gasteiger partial charge < -0.3 is 10.1 Å². The molecule has 0 saturated carbocycles. The molecule has 0 aliphatic carbocycles. The van der Waals surface area contributed by atoms with Crippen molar-refractivity contribution in [2.75, 3.05) is 5.32 Å². The number of carbonyl (C=O) groups is 1. The summed E-state index contributed by atoms with van der Waals surface area (Å²) < 4.78 is 23.1. The molecule has 5 rings (SSSR count). The minimum absolute atomic E-state index is 0.112. The lowest BCUT2D eigenvalue weighted by molar-refractivity contribution is -0.115. The monoisotopic (exact) mass is 523 g/mol. The fourth-order valence-electron chi connectivity index (χ4n) is 4.36. The Kier molecular flexibility index (Phi) is 6.87. The maximum Gasteiger partial charge on any atom is 0.228 e. The molecule has 0 bridgehead atoms. The van der Waals surface area contributed by atoms with Gasteiger partial charge in [0.25, 0.3) is 0 Å². The Morgan fingerprint density at radius 3 is 2.56 bits per heavy atom. The number of ether oxygens (including phenoxy) is 1. The van der Waals surface area contributed by atoms with E-state index >= 15 is 4.39 Å². The second kappa shape index (κ2) is 10.3. The summed E-state index contributed by atoms with van der Waals surface area (Å²) in [6, 6.07) is 14.5. The number of aromatic nitrogens is 4. The lowest BCUT2D eigenvalue weighted by atomic mass is 10.0. The summed E-state index contributed by atoms with van der Waals surface area (Å²) >= 11 is 0. The quantitative estimate of drug-likeness (QED) is 0.260. The van der Waals surface area contributed by atoms with Crippen molar-refractivity contribution in [1.29, 1.82) is 0 Å². The number of carbonyl (C=O) groups excluding carboxylic acids is 1. The molecule has 8 heteroatoms. The highest BCUT2D eigenvalue weighted by Crippen LogP contribution is 2.34. The van der Waals surface area contributed by atoms with Gasteiger partial charge in [0.2, 0.25) is 5.91 Å². The SMILES string of the molecule is Cc1cc(CC(=O)Nc2cnn(C(C)(C)C)c2)c(F)cc1Oc1ccnc2ccc(-c3ncccc3C)cc12. The van der Waals surface area contributed by atoms with Gasteiger partial charge in [-0.2, -0.15) is 5.10 Å². The number of fused-ring (bicyclic) bond motifs is 1. The van der Waals surface area contributed by atoms with Crippen molar-refractivity contribution in [2.45, 2.75) is 46.6 Å². The highest BCUT2D eigenvalue weighted by atomic mass is 19.1. The molecular weight excluding hydrogens is 493 g/mol. The Labute approximate surface area is 226 Å². The van der Waals surface area contributed by atoms with Gasteiger partial charge in [-0.1, -0.05) is 12.1 Å². The second-order valence-electron chi connectivity index (χ2n) is 10.6. The van der Waals surface area contributed by atoms with Gasteiger partial charge in [0.15, 0.2) is 0 Å². The second-order valence-corrected chi connectivity index (χ2v) is 10.6. The van der Waals surface area contributed by atoms with E-state index in [1.165, 1.54) is 6.07 Å². The first-order valence-corrected chi connectivity index (χ1v) is 12.7. The molecule has 2 aromatic carbocycles. The Morgan fingerprint density at radius 1 is 1.00 bits per heavy atom. The molecular formula is C31H30FN5O2. The number of hydrogen-bond donors (Lipinski definition) is 1. The summed E-state index contributed by atoms with van der Waals surface area (Å²) in [5, 5.41) is 7.87. The smallest absolute Gasteiger partial charge is 0.228 e. The first-order valence-electron chi connectivity index (χ1n) is 12.7. The highest BCUT2D eigenvalue weighted by molar-refractivity contribution is 5.92. The minimum Gasteiger partial charge on any atom is -0.456 e. The zero-order valence-electron chi connectivity index (χ0n) is 22.6. The molecule has 0 atom stereocenters. The topological polar surface area (TPSA) is 81.9 Å². The molecule has 0 unspecified atom stereocenters. The average Bonchev–Trinajstić information content (AvgIpc) is 3.36. The molecule has 0 radical (unpaired) electrons. The van der Waals surface area contributed by atoms with Crippen LogP contribution in [0.2, 0.25) is 0 Å². The average molecular weight is 524 g/mol. The third-order valence-electron chi connectivity index (χ3n) is 6.45. The fourth-order valence-corrected chi connectivity index (χ4v) is 4.36. The van der Waals surface area contributed by atoms with Crippen molar-refractivity contribution in [2.24, 2.45) is 0 Å². The van der Waals surface area contributed by atoms with Crippen LogP contribution in [0.1, 0.15) is 37.5 Å². The molecule has 3 heterocycles. The summed E-state index contributed by atoms with van der Waals surface area (Å²) in [7, 11) is 0. The van der Waals surface area contributed by atoms with E-state index in [4.69, 9.17) is 4.74 Å². The van der Waals surface area contributed by atoms with Gasteiger partial charge in [-0.25, -0.2) is 4.39 Å². The minimum atomic E-state index is -0.515. The van der Waals surface area contributed by atoms with Crippen molar-refractivity contribution < 1.29 is 13.9 Å². The van der Waals surface area contributed by atoms with Crippen LogP contribution in [0.25, 0.3) is 22.2 Å². The predicted molar refractivity (Wildman–Crippen MR) is 150 cm³/mol. The van der Waals surface area contributed by atoms with E-state index in [1.54, 1.807) is 41.6 Å². The molecule has 0 aliphatic rings. The standard InChI is InChI=1S/C31H30FN5O2/c1-19-7-6-11-34-30(19)21-8-9-26-24(14-21)27(10-12-33-26)39-28-16-25(32)22(13-20(28)2)15-29(38)36-23-17-35-37(18-23)31(3,4)5/h6-14,16-18H,15H2,1-5H3,(H,36,38). The zero-order chi connectivity index (χ0) is 27.7. The van der Waals surface area contributed by atoms with E-state index in [-0.39, 0.29) is 23.4 Å². The zero-order valence-corrected chi connectivity index (χ0v) is 22.6. The fraction of sp³-hybridized carbons (Fsp3) is 0.226. The molecule has 1 N–H and O–H groups in total. The van der Waals surface area contributed by atoms with E-state index in [0.717, 1.165) is 27.7 Å². The number of hydrogen-bond acceptors (Lipinski definition) is 5. The lowest BCUT2D eigenvalue weighted by Crippen LogP contribution is -2.22. The van der Waals surface area contributed by atoms with Crippen molar-refractivity contribution in [1.82, 2.24) is 19.7 Å². The summed E-state index contributed by atoms with van der Waals surface area (Å²) in [5.41, 5.74) is 4.99. The number of anilines is 1. The van der Waals surface area contributed by atoms with Crippen molar-refractivity contribution in [3.05, 3.63) is 95.8 Å². The van der Waals surface area contributed by atoms with Crippen LogP contribution in [0, 0.1) is 19.7 Å². The molecule has 0 fully saturated rings. The molecule has 0 saturated heterocycles. The number of amides is 1. The van der Waals surface area contributed by atoms with Gasteiger partial charge in [0.1, 0.15) is 17.3 Å². The molecule has 198 valence electrons. The Balaban J connectivity index is 1.37. The van der Waals surface area contributed by atoms with Crippen LogP contribution in [-0.4, -0.2) is 25.7 Å². The number of benzene rings is 2. The van der Waals surface area contributed by atoms with Gasteiger partial charge in [-0.15, -0.1) is 0 Å². The van der Waals surface area contributed by atoms with Crippen LogP contribution in [0.15, 0.2) is 73.3 Å². The molecule has 7 nitrogen and oxygen atoms in total. The summed E-state index contributed by atoms with van der Waals surface area (Å²) in [5.74, 6) is 0.0847. The van der Waals surface area contributed by atoms with Gasteiger partial charge in [0.05, 0.1) is 35.1 Å². The number of nitrogens with one attached hydrogen (secondary N) is 1. The molecule has 3 aromatic heterocycles. The summed E-state index contributed by atoms with van der Waals surface area (Å²) in [6.45, 7) is 9.89. The summed E-state index contributed by atoms with van der Waals surface area (Å²) in [4.78, 5) is 21.6. The summed E-state index contributed by atoms with van der Waals surface area (Å²) in [6.07, 6.45) is 6.66. The van der Waals surface area contributed by atoms with Crippen LogP contribution in [-0.2, 0) is 16.8 Å². The van der Waals surface area contributed by atoms with Gasteiger partial charge in [0, 0.05) is 35.6 Å². The molecule has 0 spiro atoms. The van der Waals surface area contributed by atoms with Crippen LogP contribution >= 0.6 is 0 Å². The number of halogens is 1. The number of pyridine rings is 2. The van der Waals surface area contributed by atoms with E-state index in [2.05, 4.69) is 20.4 Å². The van der Waals surface area contributed by atoms with E-state index < -0.39 is 5.82 Å². The normalized spacial score (nSPS) is 11.5. The van der Waals surface area contributed by atoms with Crippen LogP contribution in [0.5, 0.6) is 11.5 Å². The lowest BCUT2D eigenvalue weighted by Gasteiger charge is -2.18. The number of aryl methyl sites for hydroxylation is 2. The van der Waals surface area contributed by atoms with Gasteiger partial charge >= 0.3 is 0 Å². The Morgan fingerprint density at radius 2 is 1.82 bits per heavy atom. The van der Waals surface area contributed by atoms with Crippen molar-refractivity contribution >= 4 is 22.5 Å². The van der Waals surface area contributed by atoms with Crippen molar-refractivity contribution in [3.8, 4) is 22.8 Å². The third kappa shape index (κ3) is 5.65. The molecule has 5 aromatic rings.